The molecule has 2 heterocycles. The number of benzene rings is 2. The Kier molecular flexibility index (Phi) is 2.84. The number of rotatable bonds is 0. The molecule has 4 nitrogen and oxygen atoms in total. The van der Waals surface area contributed by atoms with E-state index in [0.717, 1.165) is 32.9 Å². The van der Waals surface area contributed by atoms with Crippen LogP contribution >= 0.6 is 0 Å². The summed E-state index contributed by atoms with van der Waals surface area (Å²) in [6, 6.07) is 8.16. The third-order valence-corrected chi connectivity index (χ3v) is 5.12. The van der Waals surface area contributed by atoms with Gasteiger partial charge in [0.1, 0.15) is 23.6 Å². The summed E-state index contributed by atoms with van der Waals surface area (Å²) in [5.41, 5.74) is 3.84. The second-order valence-corrected chi connectivity index (χ2v) is 7.01. The zero-order valence-electron chi connectivity index (χ0n) is 13.8. The Morgan fingerprint density at radius 2 is 1.78 bits per heavy atom. The number of aryl methyl sites for hydroxylation is 2. The summed E-state index contributed by atoms with van der Waals surface area (Å²) in [7, 11) is 0. The minimum absolute atomic E-state index is 0.688. The smallest absolute Gasteiger partial charge is 0.132 e. The van der Waals surface area contributed by atoms with Crippen molar-refractivity contribution in [1.29, 1.82) is 0 Å². The average Bonchev–Trinajstić information content (AvgIpc) is 2.90. The molecule has 0 saturated heterocycles. The summed E-state index contributed by atoms with van der Waals surface area (Å²) in [5.74, 6) is 0.697. The van der Waals surface area contributed by atoms with Gasteiger partial charge in [-0.25, -0.2) is 0 Å². The number of hydrogen-bond donors (Lipinski definition) is 3. The Labute approximate surface area is 134 Å². The van der Waals surface area contributed by atoms with E-state index < -0.39 is 17.8 Å². The molecule has 1 aliphatic heterocycles. The molecule has 4 rings (SSSR count). The molecule has 0 amide bonds. The van der Waals surface area contributed by atoms with Gasteiger partial charge in [-0.3, -0.25) is 0 Å². The van der Waals surface area contributed by atoms with Gasteiger partial charge in [-0.15, -0.1) is 0 Å². The van der Waals surface area contributed by atoms with E-state index in [9.17, 15) is 10.2 Å². The summed E-state index contributed by atoms with van der Waals surface area (Å²) < 4.78 is 6.12. The van der Waals surface area contributed by atoms with Gasteiger partial charge in [0.05, 0.1) is 5.52 Å². The van der Waals surface area contributed by atoms with Crippen LogP contribution in [-0.4, -0.2) is 26.9 Å². The monoisotopic (exact) mass is 311 g/mol. The number of hydrogen-bond acceptors (Lipinski definition) is 3. The standard InChI is InChI=1S/C19H21NO3/c1-9-14-16(21)18(22)19(3,4)23-17(14)10(2)13-11-7-5-6-8-12(11)20-15(9)13/h5-8,16,18,20-22H,1-4H3/t16-,18-/m1/s1. The highest BCUT2D eigenvalue weighted by Gasteiger charge is 2.44. The molecule has 3 N–H and O–H groups in total. The number of nitrogens with one attached hydrogen (secondary N) is 1. The first kappa shape index (κ1) is 14.5. The SMILES string of the molecule is Cc1c2c(c(C)c3c1[nH]c1ccccc13)OC(C)(C)[C@H](O)[C@@H]2O. The van der Waals surface area contributed by atoms with Crippen molar-refractivity contribution in [2.45, 2.75) is 45.5 Å². The normalized spacial score (nSPS) is 23.0. The molecule has 3 aromatic rings. The predicted molar refractivity (Wildman–Crippen MR) is 91.0 cm³/mol. The van der Waals surface area contributed by atoms with E-state index in [-0.39, 0.29) is 0 Å². The topological polar surface area (TPSA) is 65.5 Å². The average molecular weight is 311 g/mol. The van der Waals surface area contributed by atoms with E-state index in [1.165, 1.54) is 0 Å². The highest BCUT2D eigenvalue weighted by Crippen LogP contribution is 2.47. The molecule has 0 radical (unpaired) electrons. The number of aromatic nitrogens is 1. The summed E-state index contributed by atoms with van der Waals surface area (Å²) >= 11 is 0. The van der Waals surface area contributed by atoms with Gasteiger partial charge in [-0.1, -0.05) is 18.2 Å². The molecule has 0 spiro atoms. The molecular weight excluding hydrogens is 290 g/mol. The zero-order chi connectivity index (χ0) is 16.5. The Morgan fingerprint density at radius 1 is 1.09 bits per heavy atom. The summed E-state index contributed by atoms with van der Waals surface area (Å²) in [4.78, 5) is 3.45. The first-order chi connectivity index (χ1) is 10.8. The molecule has 0 aliphatic carbocycles. The van der Waals surface area contributed by atoms with Crippen LogP contribution in [0.2, 0.25) is 0 Å². The number of aliphatic hydroxyl groups excluding tert-OH is 2. The van der Waals surface area contributed by atoms with Crippen LogP contribution in [0.25, 0.3) is 21.8 Å². The molecule has 1 aliphatic rings. The van der Waals surface area contributed by atoms with Crippen molar-refractivity contribution in [3.05, 3.63) is 41.0 Å². The lowest BCUT2D eigenvalue weighted by molar-refractivity contribution is -0.112. The molecule has 23 heavy (non-hydrogen) atoms. The molecule has 4 heteroatoms. The van der Waals surface area contributed by atoms with E-state index in [2.05, 4.69) is 11.1 Å². The van der Waals surface area contributed by atoms with Crippen molar-refractivity contribution in [2.24, 2.45) is 0 Å². The van der Waals surface area contributed by atoms with Crippen molar-refractivity contribution >= 4 is 21.8 Å². The molecule has 120 valence electrons. The number of aromatic amines is 1. The van der Waals surface area contributed by atoms with Gasteiger partial charge in [-0.2, -0.15) is 0 Å². The lowest BCUT2D eigenvalue weighted by Gasteiger charge is -2.41. The number of fused-ring (bicyclic) bond motifs is 4. The summed E-state index contributed by atoms with van der Waals surface area (Å²) in [6.07, 6.45) is -1.92. The quantitative estimate of drug-likeness (QED) is 0.595. The van der Waals surface area contributed by atoms with E-state index in [4.69, 9.17) is 4.74 Å². The van der Waals surface area contributed by atoms with Crippen molar-refractivity contribution in [3.8, 4) is 5.75 Å². The second-order valence-electron chi connectivity index (χ2n) is 7.01. The lowest BCUT2D eigenvalue weighted by Crippen LogP contribution is -2.49. The fourth-order valence-corrected chi connectivity index (χ4v) is 3.78. The lowest BCUT2D eigenvalue weighted by atomic mass is 9.84. The Morgan fingerprint density at radius 3 is 2.52 bits per heavy atom. The maximum atomic E-state index is 10.7. The molecule has 2 atom stereocenters. The van der Waals surface area contributed by atoms with Crippen LogP contribution in [0.5, 0.6) is 5.75 Å². The molecule has 0 unspecified atom stereocenters. The number of ether oxygens (including phenoxy) is 1. The van der Waals surface area contributed by atoms with Crippen molar-refractivity contribution in [3.63, 3.8) is 0 Å². The van der Waals surface area contributed by atoms with Gasteiger partial charge in [0, 0.05) is 27.4 Å². The van der Waals surface area contributed by atoms with Crippen LogP contribution < -0.4 is 4.74 Å². The molecule has 2 aromatic carbocycles. The molecule has 0 fully saturated rings. The largest absolute Gasteiger partial charge is 0.484 e. The van der Waals surface area contributed by atoms with Crippen LogP contribution in [0.1, 0.15) is 36.6 Å². The predicted octanol–water partition coefficient (Wildman–Crippen LogP) is 3.50. The number of para-hydroxylation sites is 1. The first-order valence-electron chi connectivity index (χ1n) is 7.91. The Hall–Kier alpha value is -2.04. The summed E-state index contributed by atoms with van der Waals surface area (Å²) in [5, 5.41) is 23.3. The third-order valence-electron chi connectivity index (χ3n) is 5.12. The maximum absolute atomic E-state index is 10.7. The Bertz CT molecular complexity index is 939. The van der Waals surface area contributed by atoms with Crippen LogP contribution in [0, 0.1) is 13.8 Å². The highest BCUT2D eigenvalue weighted by atomic mass is 16.5. The van der Waals surface area contributed by atoms with Gasteiger partial charge >= 0.3 is 0 Å². The fraction of sp³-hybridized carbons (Fsp3) is 0.368. The first-order valence-corrected chi connectivity index (χ1v) is 7.91. The number of H-pyrrole nitrogens is 1. The summed E-state index contributed by atoms with van der Waals surface area (Å²) in [6.45, 7) is 7.59. The van der Waals surface area contributed by atoms with E-state index in [1.807, 2.05) is 32.0 Å². The van der Waals surface area contributed by atoms with Crippen molar-refractivity contribution in [1.82, 2.24) is 4.98 Å². The zero-order valence-corrected chi connectivity index (χ0v) is 13.8. The maximum Gasteiger partial charge on any atom is 0.132 e. The Balaban J connectivity index is 2.16. The second kappa shape index (κ2) is 4.49. The molecule has 0 bridgehead atoms. The highest BCUT2D eigenvalue weighted by molar-refractivity contribution is 6.11. The number of aliphatic hydroxyl groups is 2. The van der Waals surface area contributed by atoms with Crippen molar-refractivity contribution < 1.29 is 14.9 Å². The minimum atomic E-state index is -0.963. The van der Waals surface area contributed by atoms with E-state index >= 15 is 0 Å². The van der Waals surface area contributed by atoms with Gasteiger partial charge in [-0.05, 0) is 39.3 Å². The third kappa shape index (κ3) is 1.79. The molecule has 1 aromatic heterocycles. The van der Waals surface area contributed by atoms with Gasteiger partial charge in [0.2, 0.25) is 0 Å². The molecular formula is C19H21NO3. The van der Waals surface area contributed by atoms with Crippen LogP contribution in [0.3, 0.4) is 0 Å². The van der Waals surface area contributed by atoms with Crippen LogP contribution in [-0.2, 0) is 0 Å². The van der Waals surface area contributed by atoms with Crippen molar-refractivity contribution in [2.75, 3.05) is 0 Å². The minimum Gasteiger partial charge on any atom is -0.484 e. The van der Waals surface area contributed by atoms with E-state index in [1.54, 1.807) is 13.8 Å². The van der Waals surface area contributed by atoms with Crippen LogP contribution in [0.4, 0.5) is 0 Å². The molecule has 0 saturated carbocycles. The van der Waals surface area contributed by atoms with Gasteiger partial charge in [0.15, 0.2) is 0 Å². The van der Waals surface area contributed by atoms with E-state index in [0.29, 0.717) is 11.3 Å². The fourth-order valence-electron chi connectivity index (χ4n) is 3.78. The van der Waals surface area contributed by atoms with Gasteiger partial charge < -0.3 is 19.9 Å². The van der Waals surface area contributed by atoms with Gasteiger partial charge in [0.25, 0.3) is 0 Å². The van der Waals surface area contributed by atoms with Crippen LogP contribution in [0.15, 0.2) is 24.3 Å².